The number of unbranched alkanes of at least 4 members (excludes halogenated alkanes) is 1. The number of nitrogens with zero attached hydrogens (tertiary/aromatic N) is 1. The molecule has 1 aliphatic rings. The van der Waals surface area contributed by atoms with Crippen LogP contribution in [-0.4, -0.2) is 38.1 Å². The highest BCUT2D eigenvalue weighted by molar-refractivity contribution is 7.89. The van der Waals surface area contributed by atoms with E-state index in [-0.39, 0.29) is 42.9 Å². The standard InChI is InChI=1S/C15H20F2N2O3S/c1-2-3-8-23(21,22)18-9-15(20)19-7-6-11-12(10-19)14(17)5-4-13(11)16/h4-5,18H,2-3,6-10H2,1H3. The summed E-state index contributed by atoms with van der Waals surface area (Å²) in [7, 11) is -3.48. The van der Waals surface area contributed by atoms with Gasteiger partial charge in [-0.2, -0.15) is 0 Å². The topological polar surface area (TPSA) is 66.5 Å². The first-order chi connectivity index (χ1) is 10.8. The van der Waals surface area contributed by atoms with Crippen molar-refractivity contribution in [2.45, 2.75) is 32.7 Å². The molecule has 8 heteroatoms. The van der Waals surface area contributed by atoms with Crippen LogP contribution in [0.1, 0.15) is 30.9 Å². The molecule has 0 saturated heterocycles. The summed E-state index contributed by atoms with van der Waals surface area (Å²) in [5.41, 5.74) is 0.455. The molecule has 0 aromatic heterocycles. The number of fused-ring (bicyclic) bond motifs is 1. The zero-order valence-electron chi connectivity index (χ0n) is 12.9. The Morgan fingerprint density at radius 3 is 2.57 bits per heavy atom. The second kappa shape index (κ2) is 7.35. The van der Waals surface area contributed by atoms with Crippen LogP contribution in [0.25, 0.3) is 0 Å². The van der Waals surface area contributed by atoms with Gasteiger partial charge in [-0.05, 0) is 30.5 Å². The number of hydrogen-bond acceptors (Lipinski definition) is 3. The van der Waals surface area contributed by atoms with E-state index in [2.05, 4.69) is 4.72 Å². The molecule has 2 rings (SSSR count). The van der Waals surface area contributed by atoms with E-state index in [4.69, 9.17) is 0 Å². The van der Waals surface area contributed by atoms with E-state index in [1.807, 2.05) is 6.92 Å². The quantitative estimate of drug-likeness (QED) is 0.850. The molecule has 0 spiro atoms. The number of hydrogen-bond donors (Lipinski definition) is 1. The SMILES string of the molecule is CCCCS(=O)(=O)NCC(=O)N1CCc2c(F)ccc(F)c2C1. The zero-order chi connectivity index (χ0) is 17.0. The van der Waals surface area contributed by atoms with Gasteiger partial charge in [-0.3, -0.25) is 4.79 Å². The van der Waals surface area contributed by atoms with Crippen LogP contribution in [0.3, 0.4) is 0 Å². The Kier molecular flexibility index (Phi) is 5.69. The monoisotopic (exact) mass is 346 g/mol. The highest BCUT2D eigenvalue weighted by atomic mass is 32.2. The first-order valence-corrected chi connectivity index (χ1v) is 9.20. The Balaban J connectivity index is 1.99. The lowest BCUT2D eigenvalue weighted by Gasteiger charge is -2.29. The van der Waals surface area contributed by atoms with Gasteiger partial charge in [-0.15, -0.1) is 0 Å². The van der Waals surface area contributed by atoms with Gasteiger partial charge in [-0.25, -0.2) is 21.9 Å². The number of amides is 1. The first kappa shape index (κ1) is 17.8. The van der Waals surface area contributed by atoms with Crippen LogP contribution in [0.2, 0.25) is 0 Å². The molecule has 0 fully saturated rings. The minimum Gasteiger partial charge on any atom is -0.337 e. The summed E-state index contributed by atoms with van der Waals surface area (Å²) < 4.78 is 53.0. The van der Waals surface area contributed by atoms with Crippen LogP contribution in [0.4, 0.5) is 8.78 Å². The molecule has 1 aromatic rings. The molecule has 128 valence electrons. The third-order valence-corrected chi connectivity index (χ3v) is 5.27. The summed E-state index contributed by atoms with van der Waals surface area (Å²) in [5, 5.41) is 0. The van der Waals surface area contributed by atoms with E-state index >= 15 is 0 Å². The van der Waals surface area contributed by atoms with Gasteiger partial charge in [0.2, 0.25) is 15.9 Å². The Morgan fingerprint density at radius 1 is 1.26 bits per heavy atom. The maximum Gasteiger partial charge on any atom is 0.237 e. The maximum absolute atomic E-state index is 13.8. The summed E-state index contributed by atoms with van der Waals surface area (Å²) in [6.07, 6.45) is 1.47. The van der Waals surface area contributed by atoms with Crippen molar-refractivity contribution in [1.82, 2.24) is 9.62 Å². The number of carbonyl (C=O) groups excluding carboxylic acids is 1. The van der Waals surface area contributed by atoms with Gasteiger partial charge < -0.3 is 4.90 Å². The zero-order valence-corrected chi connectivity index (χ0v) is 13.8. The highest BCUT2D eigenvalue weighted by Crippen LogP contribution is 2.24. The molecule has 0 bridgehead atoms. The lowest BCUT2D eigenvalue weighted by atomic mass is 9.98. The molecule has 0 unspecified atom stereocenters. The van der Waals surface area contributed by atoms with Crippen molar-refractivity contribution >= 4 is 15.9 Å². The van der Waals surface area contributed by atoms with Crippen molar-refractivity contribution in [3.63, 3.8) is 0 Å². The van der Waals surface area contributed by atoms with Crippen LogP contribution < -0.4 is 4.72 Å². The van der Waals surface area contributed by atoms with E-state index in [9.17, 15) is 22.0 Å². The van der Waals surface area contributed by atoms with Gasteiger partial charge in [0.25, 0.3) is 0 Å². The Bertz CT molecular complexity index is 692. The lowest BCUT2D eigenvalue weighted by Crippen LogP contribution is -2.43. The fourth-order valence-corrected chi connectivity index (χ4v) is 3.65. The second-order valence-corrected chi connectivity index (χ2v) is 7.47. The smallest absolute Gasteiger partial charge is 0.237 e. The summed E-state index contributed by atoms with van der Waals surface area (Å²) in [4.78, 5) is 13.4. The largest absolute Gasteiger partial charge is 0.337 e. The van der Waals surface area contributed by atoms with E-state index < -0.39 is 27.6 Å². The molecule has 1 N–H and O–H groups in total. The molecule has 1 aliphatic heterocycles. The van der Waals surface area contributed by atoms with Gasteiger partial charge in [0, 0.05) is 18.7 Å². The number of carbonyl (C=O) groups is 1. The van der Waals surface area contributed by atoms with Crippen molar-refractivity contribution in [3.8, 4) is 0 Å². The summed E-state index contributed by atoms with van der Waals surface area (Å²) >= 11 is 0. The van der Waals surface area contributed by atoms with E-state index in [1.54, 1.807) is 0 Å². The Hall–Kier alpha value is -1.54. The third-order valence-electron chi connectivity index (χ3n) is 3.86. The highest BCUT2D eigenvalue weighted by Gasteiger charge is 2.25. The van der Waals surface area contributed by atoms with Crippen molar-refractivity contribution in [3.05, 3.63) is 34.9 Å². The molecule has 0 saturated carbocycles. The van der Waals surface area contributed by atoms with Gasteiger partial charge in [0.1, 0.15) is 11.6 Å². The molecular formula is C15H20F2N2O3S. The molecule has 0 aliphatic carbocycles. The van der Waals surface area contributed by atoms with Crippen molar-refractivity contribution in [2.24, 2.45) is 0 Å². The van der Waals surface area contributed by atoms with Gasteiger partial charge in [0.05, 0.1) is 12.3 Å². The molecule has 1 amide bonds. The van der Waals surface area contributed by atoms with Crippen LogP contribution >= 0.6 is 0 Å². The fourth-order valence-electron chi connectivity index (χ4n) is 2.50. The average molecular weight is 346 g/mol. The first-order valence-electron chi connectivity index (χ1n) is 7.55. The van der Waals surface area contributed by atoms with Crippen molar-refractivity contribution in [1.29, 1.82) is 0 Å². The van der Waals surface area contributed by atoms with E-state index in [0.717, 1.165) is 18.6 Å². The summed E-state index contributed by atoms with van der Waals surface area (Å²) in [6, 6.07) is 2.11. The lowest BCUT2D eigenvalue weighted by molar-refractivity contribution is -0.130. The van der Waals surface area contributed by atoms with Gasteiger partial charge in [-0.1, -0.05) is 13.3 Å². The molecule has 23 heavy (non-hydrogen) atoms. The normalized spacial score (nSPS) is 14.7. The van der Waals surface area contributed by atoms with E-state index in [1.165, 1.54) is 4.90 Å². The van der Waals surface area contributed by atoms with Gasteiger partial charge >= 0.3 is 0 Å². The predicted molar refractivity (Wildman–Crippen MR) is 82.2 cm³/mol. The third kappa shape index (κ3) is 4.48. The molecule has 1 heterocycles. The number of halogens is 2. The maximum atomic E-state index is 13.8. The second-order valence-electron chi connectivity index (χ2n) is 5.55. The number of rotatable bonds is 6. The van der Waals surface area contributed by atoms with Crippen molar-refractivity contribution in [2.75, 3.05) is 18.8 Å². The van der Waals surface area contributed by atoms with Crippen molar-refractivity contribution < 1.29 is 22.0 Å². The average Bonchev–Trinajstić information content (AvgIpc) is 2.54. The number of sulfonamides is 1. The molecule has 0 radical (unpaired) electrons. The Morgan fingerprint density at radius 2 is 1.91 bits per heavy atom. The van der Waals surface area contributed by atoms with Crippen LogP contribution in [0, 0.1) is 11.6 Å². The minimum atomic E-state index is -3.48. The minimum absolute atomic E-state index is 0.0283. The van der Waals surface area contributed by atoms with Crippen LogP contribution in [0.15, 0.2) is 12.1 Å². The molecular weight excluding hydrogens is 326 g/mol. The molecule has 0 atom stereocenters. The summed E-state index contributed by atoms with van der Waals surface area (Å²) in [5.74, 6) is -1.50. The van der Waals surface area contributed by atoms with E-state index in [0.29, 0.717) is 6.42 Å². The Labute approximate surface area is 134 Å². The number of nitrogens with one attached hydrogen (secondary N) is 1. The summed E-state index contributed by atoms with van der Waals surface area (Å²) in [6.45, 7) is 1.70. The number of benzene rings is 1. The van der Waals surface area contributed by atoms with Crippen LogP contribution in [-0.2, 0) is 27.8 Å². The van der Waals surface area contributed by atoms with Crippen LogP contribution in [0.5, 0.6) is 0 Å². The van der Waals surface area contributed by atoms with Gasteiger partial charge in [0.15, 0.2) is 0 Å². The molecule has 1 aromatic carbocycles. The predicted octanol–water partition coefficient (Wildman–Crippen LogP) is 1.57. The fraction of sp³-hybridized carbons (Fsp3) is 0.533. The molecule has 5 nitrogen and oxygen atoms in total.